The normalized spacial score (nSPS) is 14.4. The van der Waals surface area contributed by atoms with Crippen LogP contribution in [0.25, 0.3) is 22.4 Å². The van der Waals surface area contributed by atoms with Crippen LogP contribution in [-0.4, -0.2) is 63.4 Å². The van der Waals surface area contributed by atoms with E-state index in [0.29, 0.717) is 60.9 Å². The molecule has 3 heterocycles. The first-order chi connectivity index (χ1) is 16.4. The first-order valence-electron chi connectivity index (χ1n) is 11.5. The summed E-state index contributed by atoms with van der Waals surface area (Å²) in [6.07, 6.45) is 4.56. The number of hydrogen-bond donors (Lipinski definition) is 1. The Labute approximate surface area is 197 Å². The Hall–Kier alpha value is -3.46. The van der Waals surface area contributed by atoms with E-state index >= 15 is 8.78 Å². The van der Waals surface area contributed by atoms with E-state index in [1.807, 2.05) is 6.92 Å². The molecule has 0 atom stereocenters. The van der Waals surface area contributed by atoms with Crippen molar-refractivity contribution in [3.05, 3.63) is 59.7 Å². The van der Waals surface area contributed by atoms with Crippen LogP contribution in [0.3, 0.4) is 0 Å². The number of nitrogens with zero attached hydrogens (tertiary/aromatic N) is 5. The lowest BCUT2D eigenvalue weighted by Gasteiger charge is -2.34. The topological polar surface area (TPSA) is 88.2 Å². The highest BCUT2D eigenvalue weighted by Crippen LogP contribution is 2.34. The van der Waals surface area contributed by atoms with Gasteiger partial charge in [0.05, 0.1) is 11.4 Å². The first kappa shape index (κ1) is 23.7. The van der Waals surface area contributed by atoms with Gasteiger partial charge in [-0.1, -0.05) is 13.8 Å². The number of amides is 1. The van der Waals surface area contributed by atoms with E-state index in [2.05, 4.69) is 26.8 Å². The number of pyridine rings is 1. The van der Waals surface area contributed by atoms with E-state index in [4.69, 9.17) is 5.73 Å². The lowest BCUT2D eigenvalue weighted by atomic mass is 9.96. The molecule has 0 radical (unpaired) electrons. The van der Waals surface area contributed by atoms with Crippen LogP contribution in [0, 0.1) is 11.6 Å². The second kappa shape index (κ2) is 10.2. The van der Waals surface area contributed by atoms with Gasteiger partial charge in [0.25, 0.3) is 5.91 Å². The van der Waals surface area contributed by atoms with Crippen LogP contribution in [0.5, 0.6) is 0 Å². The van der Waals surface area contributed by atoms with Gasteiger partial charge in [-0.25, -0.2) is 23.7 Å². The fourth-order valence-electron chi connectivity index (χ4n) is 4.33. The van der Waals surface area contributed by atoms with E-state index in [0.717, 1.165) is 13.0 Å². The van der Waals surface area contributed by atoms with Crippen molar-refractivity contribution in [3.63, 3.8) is 0 Å². The molecular weight excluding hydrogens is 438 g/mol. The van der Waals surface area contributed by atoms with Crippen molar-refractivity contribution in [2.45, 2.75) is 26.7 Å². The molecule has 178 valence electrons. The van der Waals surface area contributed by atoms with Crippen LogP contribution in [0.2, 0.25) is 0 Å². The molecular formula is C25H28F2N6O. The van der Waals surface area contributed by atoms with Crippen molar-refractivity contribution in [3.8, 4) is 22.4 Å². The summed E-state index contributed by atoms with van der Waals surface area (Å²) in [5.41, 5.74) is 7.79. The molecule has 2 aromatic heterocycles. The van der Waals surface area contributed by atoms with Gasteiger partial charge in [0.2, 0.25) is 0 Å². The minimum Gasteiger partial charge on any atom is -0.384 e. The average Bonchev–Trinajstić information content (AvgIpc) is 2.84. The zero-order chi connectivity index (χ0) is 24.2. The van der Waals surface area contributed by atoms with E-state index in [-0.39, 0.29) is 5.56 Å². The smallest absolute Gasteiger partial charge is 0.259 e. The van der Waals surface area contributed by atoms with Crippen LogP contribution in [0.15, 0.2) is 36.8 Å². The van der Waals surface area contributed by atoms with Crippen LogP contribution >= 0.6 is 0 Å². The number of carbonyl (C=O) groups is 1. The molecule has 1 saturated heterocycles. The minimum absolute atomic E-state index is 0.225. The summed E-state index contributed by atoms with van der Waals surface area (Å²) in [7, 11) is 0. The maximum absolute atomic E-state index is 15.2. The summed E-state index contributed by atoms with van der Waals surface area (Å²) in [6.45, 7) is 7.26. The predicted molar refractivity (Wildman–Crippen MR) is 127 cm³/mol. The summed E-state index contributed by atoms with van der Waals surface area (Å²) < 4.78 is 30.4. The number of nitrogen functional groups attached to an aromatic ring is 1. The molecule has 1 aliphatic heterocycles. The molecule has 1 aliphatic rings. The van der Waals surface area contributed by atoms with E-state index < -0.39 is 23.1 Å². The maximum Gasteiger partial charge on any atom is 0.259 e. The molecule has 34 heavy (non-hydrogen) atoms. The number of halogens is 2. The fourth-order valence-corrected chi connectivity index (χ4v) is 4.33. The zero-order valence-electron chi connectivity index (χ0n) is 19.4. The van der Waals surface area contributed by atoms with Crippen molar-refractivity contribution >= 4 is 11.7 Å². The zero-order valence-corrected chi connectivity index (χ0v) is 19.4. The van der Waals surface area contributed by atoms with Crippen LogP contribution < -0.4 is 5.73 Å². The molecule has 0 aliphatic carbocycles. The Kier molecular flexibility index (Phi) is 7.12. The third-order valence-electron chi connectivity index (χ3n) is 6.06. The standard InChI is InChI=1S/C25H28F2N6O/c1-3-7-32-8-10-33(11-9-32)25(34)23-18(26)12-17(13-19(23)27)24-22(20(4-2)30-15-31-24)16-5-6-21(28)29-14-16/h5-6,12-15H,3-4,7-11H2,1-2H3,(H2,28,29). The molecule has 1 fully saturated rings. The van der Waals surface area contributed by atoms with Crippen molar-refractivity contribution in [2.75, 3.05) is 38.5 Å². The molecule has 1 aromatic carbocycles. The Morgan fingerprint density at radius 1 is 1.00 bits per heavy atom. The summed E-state index contributed by atoms with van der Waals surface area (Å²) in [5.74, 6) is -2.09. The van der Waals surface area contributed by atoms with Gasteiger partial charge in [0.1, 0.15) is 29.3 Å². The SMILES string of the molecule is CCCN1CCN(C(=O)c2c(F)cc(-c3ncnc(CC)c3-c3ccc(N)nc3)cc2F)CC1. The quantitative estimate of drug-likeness (QED) is 0.595. The average molecular weight is 467 g/mol. The summed E-state index contributed by atoms with van der Waals surface area (Å²) >= 11 is 0. The highest BCUT2D eigenvalue weighted by atomic mass is 19.1. The van der Waals surface area contributed by atoms with Gasteiger partial charge in [0, 0.05) is 49.1 Å². The monoisotopic (exact) mass is 466 g/mol. The number of hydrogen-bond acceptors (Lipinski definition) is 6. The molecule has 0 saturated carbocycles. The predicted octanol–water partition coefficient (Wildman–Crippen LogP) is 3.80. The van der Waals surface area contributed by atoms with Crippen molar-refractivity contribution < 1.29 is 13.6 Å². The van der Waals surface area contributed by atoms with E-state index in [1.165, 1.54) is 23.4 Å². The van der Waals surface area contributed by atoms with Crippen LogP contribution in [0.4, 0.5) is 14.6 Å². The number of piperazine rings is 1. The molecule has 0 bridgehead atoms. The lowest BCUT2D eigenvalue weighted by molar-refractivity contribution is 0.0628. The summed E-state index contributed by atoms with van der Waals surface area (Å²) in [6, 6.07) is 5.75. The number of nitrogens with two attached hydrogens (primary N) is 1. The Balaban J connectivity index is 1.69. The summed E-state index contributed by atoms with van der Waals surface area (Å²) in [5, 5.41) is 0. The highest BCUT2D eigenvalue weighted by Gasteiger charge is 2.28. The maximum atomic E-state index is 15.2. The van der Waals surface area contributed by atoms with Gasteiger partial charge >= 0.3 is 0 Å². The highest BCUT2D eigenvalue weighted by molar-refractivity contribution is 5.96. The summed E-state index contributed by atoms with van der Waals surface area (Å²) in [4.78, 5) is 29.5. The lowest BCUT2D eigenvalue weighted by Crippen LogP contribution is -2.49. The van der Waals surface area contributed by atoms with Crippen molar-refractivity contribution in [1.82, 2.24) is 24.8 Å². The number of aromatic nitrogens is 3. The molecule has 4 rings (SSSR count). The van der Waals surface area contributed by atoms with Gasteiger partial charge in [-0.15, -0.1) is 0 Å². The number of aryl methyl sites for hydroxylation is 1. The minimum atomic E-state index is -0.908. The van der Waals surface area contributed by atoms with E-state index in [1.54, 1.807) is 18.3 Å². The Morgan fingerprint density at radius 2 is 1.71 bits per heavy atom. The molecule has 7 nitrogen and oxygen atoms in total. The largest absolute Gasteiger partial charge is 0.384 e. The molecule has 0 spiro atoms. The number of benzene rings is 1. The van der Waals surface area contributed by atoms with Crippen molar-refractivity contribution in [1.29, 1.82) is 0 Å². The number of rotatable bonds is 6. The number of carbonyl (C=O) groups excluding carboxylic acids is 1. The molecule has 0 unspecified atom stereocenters. The third kappa shape index (κ3) is 4.75. The molecule has 9 heteroatoms. The van der Waals surface area contributed by atoms with Gasteiger partial charge in [0.15, 0.2) is 0 Å². The van der Waals surface area contributed by atoms with E-state index in [9.17, 15) is 4.79 Å². The third-order valence-corrected chi connectivity index (χ3v) is 6.06. The van der Waals surface area contributed by atoms with Gasteiger partial charge in [-0.05, 0) is 43.7 Å². The van der Waals surface area contributed by atoms with Gasteiger partial charge in [-0.3, -0.25) is 9.69 Å². The second-order valence-electron chi connectivity index (χ2n) is 8.32. The fraction of sp³-hybridized carbons (Fsp3) is 0.360. The van der Waals surface area contributed by atoms with Gasteiger partial charge in [-0.2, -0.15) is 0 Å². The second-order valence-corrected chi connectivity index (χ2v) is 8.32. The Morgan fingerprint density at radius 3 is 2.29 bits per heavy atom. The van der Waals surface area contributed by atoms with Crippen LogP contribution in [-0.2, 0) is 6.42 Å². The number of anilines is 1. The van der Waals surface area contributed by atoms with Gasteiger partial charge < -0.3 is 10.6 Å². The first-order valence-corrected chi connectivity index (χ1v) is 11.5. The van der Waals surface area contributed by atoms with Crippen LogP contribution in [0.1, 0.15) is 36.3 Å². The Bertz CT molecular complexity index is 1150. The van der Waals surface area contributed by atoms with Crippen molar-refractivity contribution in [2.24, 2.45) is 0 Å². The molecule has 3 aromatic rings. The molecule has 1 amide bonds. The molecule has 2 N–H and O–H groups in total.